The second kappa shape index (κ2) is 6.29. The van der Waals surface area contributed by atoms with Crippen LogP contribution in [0.5, 0.6) is 5.75 Å². The van der Waals surface area contributed by atoms with Crippen LogP contribution >= 0.6 is 11.6 Å². The van der Waals surface area contributed by atoms with Crippen LogP contribution in [0, 0.1) is 6.92 Å². The van der Waals surface area contributed by atoms with Crippen molar-refractivity contribution in [1.29, 1.82) is 0 Å². The highest BCUT2D eigenvalue weighted by Crippen LogP contribution is 2.48. The van der Waals surface area contributed by atoms with Crippen molar-refractivity contribution in [1.82, 2.24) is 10.3 Å². The third-order valence-corrected chi connectivity index (χ3v) is 5.22. The maximum absolute atomic E-state index is 12.9. The van der Waals surface area contributed by atoms with E-state index in [0.717, 1.165) is 34.9 Å². The van der Waals surface area contributed by atoms with Gasteiger partial charge in [0.15, 0.2) is 0 Å². The lowest BCUT2D eigenvalue weighted by molar-refractivity contribution is 0.0930. The Morgan fingerprint density at radius 3 is 2.73 bits per heavy atom. The lowest BCUT2D eigenvalue weighted by atomic mass is 9.98. The number of benzene rings is 2. The minimum absolute atomic E-state index is 0.0853. The number of nitrogens with zero attached hydrogens (tertiary/aromatic N) is 1. The Balaban J connectivity index is 1.70. The molecule has 0 radical (unpaired) electrons. The molecular formula is C21H19ClN2O2. The highest BCUT2D eigenvalue weighted by atomic mass is 35.5. The second-order valence-corrected chi connectivity index (χ2v) is 7.11. The molecule has 1 aliphatic rings. The summed E-state index contributed by atoms with van der Waals surface area (Å²) in [6.45, 7) is 1.93. The number of nitrogens with one attached hydrogen (secondary N) is 1. The van der Waals surface area contributed by atoms with E-state index in [1.165, 1.54) is 0 Å². The molecule has 132 valence electrons. The fourth-order valence-corrected chi connectivity index (χ4v) is 3.55. The summed E-state index contributed by atoms with van der Waals surface area (Å²) in [4.78, 5) is 17.3. The van der Waals surface area contributed by atoms with Crippen molar-refractivity contribution in [2.75, 3.05) is 7.11 Å². The van der Waals surface area contributed by atoms with E-state index in [0.29, 0.717) is 16.5 Å². The van der Waals surface area contributed by atoms with Crippen LogP contribution in [-0.4, -0.2) is 18.0 Å². The van der Waals surface area contributed by atoms with Gasteiger partial charge in [-0.05, 0) is 61.2 Å². The van der Waals surface area contributed by atoms with Gasteiger partial charge in [0.25, 0.3) is 5.91 Å². The number of aryl methyl sites for hydroxylation is 1. The number of hydrogen-bond donors (Lipinski definition) is 1. The van der Waals surface area contributed by atoms with Crippen molar-refractivity contribution in [2.45, 2.75) is 25.3 Å². The zero-order valence-corrected chi connectivity index (χ0v) is 15.4. The lowest BCUT2D eigenvalue weighted by Crippen LogP contribution is -2.35. The van der Waals surface area contributed by atoms with E-state index in [9.17, 15) is 4.79 Å². The highest BCUT2D eigenvalue weighted by molar-refractivity contribution is 6.29. The Kier molecular flexibility index (Phi) is 4.08. The SMILES string of the molecule is COc1ccc(C)c(C(=O)NC2(c3cccc4nc(Cl)ccc34)CC2)c1. The third kappa shape index (κ3) is 2.90. The molecule has 1 fully saturated rings. The first-order valence-electron chi connectivity index (χ1n) is 8.55. The normalized spacial score (nSPS) is 14.9. The minimum Gasteiger partial charge on any atom is -0.497 e. The first-order chi connectivity index (χ1) is 12.5. The molecule has 1 aromatic heterocycles. The van der Waals surface area contributed by atoms with E-state index in [1.54, 1.807) is 19.2 Å². The van der Waals surface area contributed by atoms with E-state index in [-0.39, 0.29) is 11.4 Å². The number of hydrogen-bond acceptors (Lipinski definition) is 3. The van der Waals surface area contributed by atoms with Gasteiger partial charge in [0.05, 0.1) is 18.2 Å². The molecule has 3 aromatic rings. The van der Waals surface area contributed by atoms with Crippen LogP contribution in [0.1, 0.15) is 34.3 Å². The van der Waals surface area contributed by atoms with Gasteiger partial charge in [-0.15, -0.1) is 0 Å². The number of carbonyl (C=O) groups is 1. The van der Waals surface area contributed by atoms with E-state index in [4.69, 9.17) is 16.3 Å². The smallest absolute Gasteiger partial charge is 0.252 e. The van der Waals surface area contributed by atoms with Gasteiger partial charge >= 0.3 is 0 Å². The molecular weight excluding hydrogens is 348 g/mol. The Bertz CT molecular complexity index is 1010. The maximum atomic E-state index is 12.9. The number of pyridine rings is 1. The van der Waals surface area contributed by atoms with Gasteiger partial charge in [-0.1, -0.05) is 29.8 Å². The van der Waals surface area contributed by atoms with Gasteiger partial charge < -0.3 is 10.1 Å². The molecule has 26 heavy (non-hydrogen) atoms. The van der Waals surface area contributed by atoms with Gasteiger partial charge in [-0.2, -0.15) is 0 Å². The third-order valence-electron chi connectivity index (χ3n) is 5.01. The molecule has 1 saturated carbocycles. The van der Waals surface area contributed by atoms with Crippen LogP contribution in [-0.2, 0) is 5.54 Å². The molecule has 0 bridgehead atoms. The van der Waals surface area contributed by atoms with Crippen molar-refractivity contribution in [2.24, 2.45) is 0 Å². The van der Waals surface area contributed by atoms with Crippen LogP contribution in [0.2, 0.25) is 5.15 Å². The number of fused-ring (bicyclic) bond motifs is 1. The number of methoxy groups -OCH3 is 1. The molecule has 4 nitrogen and oxygen atoms in total. The second-order valence-electron chi connectivity index (χ2n) is 6.72. The van der Waals surface area contributed by atoms with Crippen LogP contribution in [0.4, 0.5) is 0 Å². The molecule has 0 saturated heterocycles. The predicted octanol–water partition coefficient (Wildman–Crippen LogP) is 4.62. The zero-order chi connectivity index (χ0) is 18.3. The summed E-state index contributed by atoms with van der Waals surface area (Å²) >= 11 is 6.02. The Morgan fingerprint density at radius 1 is 1.19 bits per heavy atom. The first-order valence-corrected chi connectivity index (χ1v) is 8.93. The van der Waals surface area contributed by atoms with E-state index < -0.39 is 0 Å². The summed E-state index contributed by atoms with van der Waals surface area (Å²) < 4.78 is 5.26. The molecule has 1 amide bonds. The Labute approximate surface area is 157 Å². The van der Waals surface area contributed by atoms with Crippen LogP contribution in [0.3, 0.4) is 0 Å². The van der Waals surface area contributed by atoms with Crippen molar-refractivity contribution in [3.63, 3.8) is 0 Å². The Morgan fingerprint density at radius 2 is 2.00 bits per heavy atom. The predicted molar refractivity (Wildman–Crippen MR) is 103 cm³/mol. The molecule has 0 spiro atoms. The Hall–Kier alpha value is -2.59. The summed E-state index contributed by atoms with van der Waals surface area (Å²) in [5.74, 6) is 0.590. The molecule has 4 rings (SSSR count). The lowest BCUT2D eigenvalue weighted by Gasteiger charge is -2.21. The topological polar surface area (TPSA) is 51.2 Å². The van der Waals surface area contributed by atoms with E-state index >= 15 is 0 Å². The van der Waals surface area contributed by atoms with Gasteiger partial charge in [0.1, 0.15) is 10.9 Å². The summed E-state index contributed by atoms with van der Waals surface area (Å²) in [5.41, 5.74) is 3.14. The van der Waals surface area contributed by atoms with Gasteiger partial charge in [0, 0.05) is 10.9 Å². The standard InChI is InChI=1S/C21H19ClN2O2/c1-13-6-7-14(26-2)12-16(13)20(25)24-21(10-11-21)17-4-3-5-18-15(17)8-9-19(22)23-18/h3-9,12H,10-11H2,1-2H3,(H,24,25). The molecule has 1 aliphatic carbocycles. The van der Waals surface area contributed by atoms with Crippen molar-refractivity contribution >= 4 is 28.4 Å². The number of rotatable bonds is 4. The number of halogens is 1. The van der Waals surface area contributed by atoms with Gasteiger partial charge in [0.2, 0.25) is 0 Å². The average Bonchev–Trinajstić information content (AvgIpc) is 3.41. The molecule has 2 aromatic carbocycles. The molecule has 0 aliphatic heterocycles. The van der Waals surface area contributed by atoms with E-state index in [2.05, 4.69) is 16.4 Å². The minimum atomic E-state index is -0.346. The summed E-state index contributed by atoms with van der Waals surface area (Å²) in [5, 5.41) is 4.74. The summed E-state index contributed by atoms with van der Waals surface area (Å²) in [7, 11) is 1.60. The van der Waals surface area contributed by atoms with Gasteiger partial charge in [-0.25, -0.2) is 4.98 Å². The fraction of sp³-hybridized carbons (Fsp3) is 0.238. The largest absolute Gasteiger partial charge is 0.497 e. The summed E-state index contributed by atoms with van der Waals surface area (Å²) in [6, 6.07) is 15.3. The van der Waals surface area contributed by atoms with Crippen LogP contribution in [0.25, 0.3) is 10.9 Å². The molecule has 1 N–H and O–H groups in total. The molecule has 0 atom stereocenters. The summed E-state index contributed by atoms with van der Waals surface area (Å²) in [6.07, 6.45) is 1.81. The highest BCUT2D eigenvalue weighted by Gasteiger charge is 2.46. The van der Waals surface area contributed by atoms with E-state index in [1.807, 2.05) is 37.3 Å². The number of carbonyl (C=O) groups excluding carboxylic acids is 1. The number of ether oxygens (including phenoxy) is 1. The first kappa shape index (κ1) is 16.9. The van der Waals surface area contributed by atoms with Crippen molar-refractivity contribution in [3.8, 4) is 5.75 Å². The maximum Gasteiger partial charge on any atom is 0.252 e. The van der Waals surface area contributed by atoms with Crippen molar-refractivity contribution in [3.05, 3.63) is 70.4 Å². The molecule has 1 heterocycles. The zero-order valence-electron chi connectivity index (χ0n) is 14.7. The van der Waals surface area contributed by atoms with Crippen LogP contribution < -0.4 is 10.1 Å². The van der Waals surface area contributed by atoms with Crippen LogP contribution in [0.15, 0.2) is 48.5 Å². The fourth-order valence-electron chi connectivity index (χ4n) is 3.39. The van der Waals surface area contributed by atoms with Gasteiger partial charge in [-0.3, -0.25) is 4.79 Å². The molecule has 0 unspecified atom stereocenters. The van der Waals surface area contributed by atoms with Crippen molar-refractivity contribution < 1.29 is 9.53 Å². The monoisotopic (exact) mass is 366 g/mol. The quantitative estimate of drug-likeness (QED) is 0.685. The molecule has 5 heteroatoms. The average molecular weight is 367 g/mol. The number of amides is 1. The number of aromatic nitrogens is 1.